The number of rotatable bonds is 4. The van der Waals surface area contributed by atoms with Crippen molar-refractivity contribution in [3.63, 3.8) is 0 Å². The van der Waals surface area contributed by atoms with Gasteiger partial charge in [-0.25, -0.2) is 4.79 Å². The van der Waals surface area contributed by atoms with E-state index in [0.29, 0.717) is 5.69 Å². The Labute approximate surface area is 113 Å². The molecule has 5 nitrogen and oxygen atoms in total. The van der Waals surface area contributed by atoms with Gasteiger partial charge >= 0.3 is 5.97 Å². The Hall–Kier alpha value is -2.04. The maximum absolute atomic E-state index is 12.2. The van der Waals surface area contributed by atoms with E-state index < -0.39 is 17.4 Å². The number of nitrogens with one attached hydrogen (secondary N) is 1. The van der Waals surface area contributed by atoms with Crippen LogP contribution in [0.2, 0.25) is 0 Å². The van der Waals surface area contributed by atoms with E-state index in [-0.39, 0.29) is 5.91 Å². The summed E-state index contributed by atoms with van der Waals surface area (Å²) in [5.41, 5.74) is 6.34. The Bertz CT molecular complexity index is 466. The van der Waals surface area contributed by atoms with Gasteiger partial charge in [0.2, 0.25) is 5.91 Å². The van der Waals surface area contributed by atoms with Gasteiger partial charge in [-0.1, -0.05) is 12.1 Å². The summed E-state index contributed by atoms with van der Waals surface area (Å²) in [5.74, 6) is -0.711. The zero-order valence-electron chi connectivity index (χ0n) is 11.7. The van der Waals surface area contributed by atoms with Crippen molar-refractivity contribution in [3.8, 4) is 0 Å². The summed E-state index contributed by atoms with van der Waals surface area (Å²) in [7, 11) is 1.29. The third-order valence-corrected chi connectivity index (χ3v) is 3.10. The highest BCUT2D eigenvalue weighted by molar-refractivity contribution is 5.91. The quantitative estimate of drug-likeness (QED) is 0.633. The Morgan fingerprint density at radius 1 is 1.26 bits per heavy atom. The molecule has 0 heterocycles. The summed E-state index contributed by atoms with van der Waals surface area (Å²) in [4.78, 5) is 23.5. The van der Waals surface area contributed by atoms with E-state index in [1.165, 1.54) is 7.11 Å². The maximum atomic E-state index is 12.2. The van der Waals surface area contributed by atoms with Crippen molar-refractivity contribution < 1.29 is 14.3 Å². The van der Waals surface area contributed by atoms with Crippen LogP contribution in [0.15, 0.2) is 24.3 Å². The van der Waals surface area contributed by atoms with E-state index in [0.717, 1.165) is 5.56 Å². The highest BCUT2D eigenvalue weighted by Gasteiger charge is 2.31. The van der Waals surface area contributed by atoms with Crippen LogP contribution < -0.4 is 11.1 Å². The highest BCUT2D eigenvalue weighted by Crippen LogP contribution is 2.24. The van der Waals surface area contributed by atoms with Crippen LogP contribution in [0.25, 0.3) is 0 Å². The van der Waals surface area contributed by atoms with E-state index >= 15 is 0 Å². The summed E-state index contributed by atoms with van der Waals surface area (Å²) in [5, 5.41) is 2.64. The molecule has 0 fully saturated rings. The summed E-state index contributed by atoms with van der Waals surface area (Å²) in [6.07, 6.45) is 0. The average molecular weight is 264 g/mol. The first-order valence-corrected chi connectivity index (χ1v) is 6.04. The van der Waals surface area contributed by atoms with Crippen LogP contribution in [-0.4, -0.2) is 25.0 Å². The second-order valence-corrected chi connectivity index (χ2v) is 4.97. The van der Waals surface area contributed by atoms with Crippen LogP contribution >= 0.6 is 0 Å². The fourth-order valence-electron chi connectivity index (χ4n) is 1.64. The molecule has 1 aromatic carbocycles. The van der Waals surface area contributed by atoms with Gasteiger partial charge in [0.15, 0.2) is 0 Å². The van der Waals surface area contributed by atoms with E-state index in [4.69, 9.17) is 5.73 Å². The van der Waals surface area contributed by atoms with Crippen molar-refractivity contribution in [2.75, 3.05) is 12.8 Å². The average Bonchev–Trinajstić information content (AvgIpc) is 2.38. The van der Waals surface area contributed by atoms with Crippen LogP contribution in [0.1, 0.15) is 26.3 Å². The SMILES string of the molecule is COC(=O)C(C)NC(=O)C(C)(C)c1ccc(N)cc1. The first kappa shape index (κ1) is 15.0. The molecule has 0 aliphatic rings. The number of carbonyl (C=O) groups is 2. The second kappa shape index (κ2) is 5.73. The minimum absolute atomic E-state index is 0.241. The van der Waals surface area contributed by atoms with Crippen molar-refractivity contribution >= 4 is 17.6 Å². The molecule has 104 valence electrons. The molecule has 1 atom stereocenters. The molecule has 0 aromatic heterocycles. The highest BCUT2D eigenvalue weighted by atomic mass is 16.5. The Morgan fingerprint density at radius 2 is 1.79 bits per heavy atom. The van der Waals surface area contributed by atoms with Gasteiger partial charge in [-0.2, -0.15) is 0 Å². The predicted octanol–water partition coefficient (Wildman–Crippen LogP) is 1.22. The fraction of sp³-hybridized carbons (Fsp3) is 0.429. The third-order valence-electron chi connectivity index (χ3n) is 3.10. The molecule has 1 rings (SSSR count). The zero-order chi connectivity index (χ0) is 14.6. The Kier molecular flexibility index (Phi) is 4.53. The van der Waals surface area contributed by atoms with Gasteiger partial charge in [0.05, 0.1) is 12.5 Å². The summed E-state index contributed by atoms with van der Waals surface area (Å²) in [6.45, 7) is 5.17. The van der Waals surface area contributed by atoms with Gasteiger partial charge in [0, 0.05) is 5.69 Å². The smallest absolute Gasteiger partial charge is 0.328 e. The lowest BCUT2D eigenvalue weighted by atomic mass is 9.83. The van der Waals surface area contributed by atoms with Gasteiger partial charge in [-0.15, -0.1) is 0 Å². The molecule has 0 spiro atoms. The number of esters is 1. The number of carbonyl (C=O) groups excluding carboxylic acids is 2. The molecule has 0 saturated heterocycles. The lowest BCUT2D eigenvalue weighted by Crippen LogP contribution is -2.47. The molecular formula is C14H20N2O3. The van der Waals surface area contributed by atoms with E-state index in [1.807, 2.05) is 0 Å². The number of anilines is 1. The number of nitrogens with two attached hydrogens (primary N) is 1. The maximum Gasteiger partial charge on any atom is 0.328 e. The van der Waals surface area contributed by atoms with Crippen LogP contribution in [0.3, 0.4) is 0 Å². The number of hydrogen-bond acceptors (Lipinski definition) is 4. The van der Waals surface area contributed by atoms with Gasteiger partial charge in [-0.3, -0.25) is 4.79 Å². The molecule has 0 saturated carbocycles. The Morgan fingerprint density at radius 3 is 2.26 bits per heavy atom. The van der Waals surface area contributed by atoms with Gasteiger partial charge in [-0.05, 0) is 38.5 Å². The minimum Gasteiger partial charge on any atom is -0.467 e. The first-order chi connectivity index (χ1) is 8.78. The number of nitrogen functional groups attached to an aromatic ring is 1. The lowest BCUT2D eigenvalue weighted by Gasteiger charge is -2.25. The second-order valence-electron chi connectivity index (χ2n) is 4.97. The number of amides is 1. The minimum atomic E-state index is -0.754. The van der Waals surface area contributed by atoms with Crippen LogP contribution in [0.5, 0.6) is 0 Å². The molecule has 3 N–H and O–H groups in total. The van der Waals surface area contributed by atoms with Crippen molar-refractivity contribution in [1.82, 2.24) is 5.32 Å². The number of methoxy groups -OCH3 is 1. The largest absolute Gasteiger partial charge is 0.467 e. The molecule has 0 radical (unpaired) electrons. The van der Waals surface area contributed by atoms with Crippen molar-refractivity contribution in [1.29, 1.82) is 0 Å². The number of hydrogen-bond donors (Lipinski definition) is 2. The van der Waals surface area contributed by atoms with Crippen LogP contribution in [-0.2, 0) is 19.7 Å². The molecule has 1 amide bonds. The van der Waals surface area contributed by atoms with E-state index in [1.54, 1.807) is 45.0 Å². The zero-order valence-corrected chi connectivity index (χ0v) is 11.7. The van der Waals surface area contributed by atoms with Crippen molar-refractivity contribution in [3.05, 3.63) is 29.8 Å². The molecule has 1 unspecified atom stereocenters. The van der Waals surface area contributed by atoms with Gasteiger partial charge in [0.1, 0.15) is 6.04 Å². The van der Waals surface area contributed by atoms with E-state index in [9.17, 15) is 9.59 Å². The predicted molar refractivity (Wildman–Crippen MR) is 73.5 cm³/mol. The molecule has 0 aliphatic heterocycles. The van der Waals surface area contributed by atoms with Gasteiger partial charge in [0.25, 0.3) is 0 Å². The first-order valence-electron chi connectivity index (χ1n) is 6.04. The lowest BCUT2D eigenvalue weighted by molar-refractivity contribution is -0.145. The normalized spacial score (nSPS) is 12.6. The van der Waals surface area contributed by atoms with Crippen molar-refractivity contribution in [2.24, 2.45) is 0 Å². The summed E-state index contributed by atoms with van der Waals surface area (Å²) >= 11 is 0. The summed E-state index contributed by atoms with van der Waals surface area (Å²) in [6, 6.07) is 6.42. The van der Waals surface area contributed by atoms with Gasteiger partial charge < -0.3 is 15.8 Å². The third kappa shape index (κ3) is 3.47. The topological polar surface area (TPSA) is 81.4 Å². The molecule has 5 heteroatoms. The molecule has 1 aromatic rings. The molecule has 19 heavy (non-hydrogen) atoms. The Balaban J connectivity index is 2.85. The molecular weight excluding hydrogens is 244 g/mol. The van der Waals surface area contributed by atoms with Crippen molar-refractivity contribution in [2.45, 2.75) is 32.2 Å². The molecule has 0 bridgehead atoms. The number of ether oxygens (including phenoxy) is 1. The van der Waals surface area contributed by atoms with Crippen LogP contribution in [0, 0.1) is 0 Å². The van der Waals surface area contributed by atoms with Crippen LogP contribution in [0.4, 0.5) is 5.69 Å². The monoisotopic (exact) mass is 264 g/mol. The standard InChI is InChI=1S/C14H20N2O3/c1-9(12(17)19-4)16-13(18)14(2,3)10-5-7-11(15)8-6-10/h5-9H,15H2,1-4H3,(H,16,18). The molecule has 0 aliphatic carbocycles. The van der Waals surface area contributed by atoms with E-state index in [2.05, 4.69) is 10.1 Å². The number of benzene rings is 1. The summed E-state index contributed by atoms with van der Waals surface area (Å²) < 4.78 is 4.58. The fourth-order valence-corrected chi connectivity index (χ4v) is 1.64.